The Labute approximate surface area is 218 Å². The van der Waals surface area contributed by atoms with Crippen LogP contribution in [0.5, 0.6) is 11.5 Å². The minimum Gasteiger partial charge on any atom is -0.497 e. The van der Waals surface area contributed by atoms with Crippen molar-refractivity contribution in [1.29, 1.82) is 0 Å². The van der Waals surface area contributed by atoms with Crippen molar-refractivity contribution in [2.75, 3.05) is 52.5 Å². The fourth-order valence-corrected chi connectivity index (χ4v) is 3.62. The highest BCUT2D eigenvalue weighted by atomic mass is 16.5. The number of anilines is 2. The van der Waals surface area contributed by atoms with Gasteiger partial charge in [0.25, 0.3) is 5.91 Å². The second-order valence-electron chi connectivity index (χ2n) is 8.84. The number of hydrogen-bond donors (Lipinski definition) is 3. The van der Waals surface area contributed by atoms with E-state index in [1.54, 1.807) is 49.5 Å². The van der Waals surface area contributed by atoms with E-state index in [1.807, 2.05) is 55.4 Å². The Morgan fingerprint density at radius 3 is 2.11 bits per heavy atom. The maximum Gasteiger partial charge on any atom is 0.318 e. The van der Waals surface area contributed by atoms with E-state index in [0.29, 0.717) is 54.6 Å². The summed E-state index contributed by atoms with van der Waals surface area (Å²) in [4.78, 5) is 29.5. The summed E-state index contributed by atoms with van der Waals surface area (Å²) in [6.45, 7) is 1.97. The molecule has 0 aromatic heterocycles. The number of benzene rings is 3. The van der Waals surface area contributed by atoms with Crippen LogP contribution in [0.25, 0.3) is 0 Å². The number of para-hydroxylation sites is 2. The van der Waals surface area contributed by atoms with Gasteiger partial charge in [0, 0.05) is 37.8 Å². The number of hydrogen-bond acceptors (Lipinski definition) is 6. The molecule has 3 rings (SSSR count). The number of carbonyl (C=O) groups is 2. The molecule has 0 fully saturated rings. The molecule has 3 amide bonds. The molecule has 0 saturated heterocycles. The number of nitrogens with one attached hydrogen (secondary N) is 2. The number of nitrogen functional groups attached to an aromatic ring is 1. The van der Waals surface area contributed by atoms with Crippen molar-refractivity contribution >= 4 is 23.3 Å². The van der Waals surface area contributed by atoms with Crippen LogP contribution in [-0.4, -0.2) is 63.1 Å². The number of likely N-dealkylation sites (N-methyl/N-ethyl adjacent to an activating group) is 1. The Hall–Kier alpha value is -4.24. The lowest BCUT2D eigenvalue weighted by Gasteiger charge is -2.25. The molecule has 3 aromatic rings. The van der Waals surface area contributed by atoms with Gasteiger partial charge in [-0.2, -0.15) is 0 Å². The minimum atomic E-state index is -0.250. The van der Waals surface area contributed by atoms with Gasteiger partial charge in [0.05, 0.1) is 25.6 Å². The summed E-state index contributed by atoms with van der Waals surface area (Å²) >= 11 is 0. The smallest absolute Gasteiger partial charge is 0.318 e. The molecule has 0 aliphatic rings. The molecule has 0 unspecified atom stereocenters. The molecule has 0 aliphatic heterocycles. The first-order valence-corrected chi connectivity index (χ1v) is 11.9. The van der Waals surface area contributed by atoms with Crippen LogP contribution >= 0.6 is 0 Å². The highest BCUT2D eigenvalue weighted by molar-refractivity contribution is 6.05. The van der Waals surface area contributed by atoms with Gasteiger partial charge in [-0.1, -0.05) is 24.3 Å². The third kappa shape index (κ3) is 8.15. The van der Waals surface area contributed by atoms with Crippen LogP contribution in [0.4, 0.5) is 16.2 Å². The lowest BCUT2D eigenvalue weighted by Crippen LogP contribution is -2.42. The standard InChI is InChI=1S/C28H35N5O4/c1-32(2)13-14-33(28(35)30-18-21-15-23(36-3)17-24(16-21)37-4)19-20-9-11-22(12-10-20)27(34)31-26-8-6-5-7-25(26)29/h5-12,15-17H,13-14,18-19,29H2,1-4H3,(H,30,35)(H,31,34). The predicted molar refractivity (Wildman–Crippen MR) is 146 cm³/mol. The molecule has 196 valence electrons. The number of methoxy groups -OCH3 is 2. The molecule has 0 bridgehead atoms. The van der Waals surface area contributed by atoms with E-state index in [-0.39, 0.29) is 11.9 Å². The minimum absolute atomic E-state index is 0.190. The summed E-state index contributed by atoms with van der Waals surface area (Å²) in [7, 11) is 7.11. The Morgan fingerprint density at radius 1 is 0.865 bits per heavy atom. The topological polar surface area (TPSA) is 109 Å². The second-order valence-corrected chi connectivity index (χ2v) is 8.84. The fraction of sp³-hybridized carbons (Fsp3) is 0.286. The van der Waals surface area contributed by atoms with Gasteiger partial charge in [-0.25, -0.2) is 4.79 Å². The molecule has 0 saturated carbocycles. The molecular weight excluding hydrogens is 470 g/mol. The van der Waals surface area contributed by atoms with E-state index in [4.69, 9.17) is 15.2 Å². The molecule has 9 nitrogen and oxygen atoms in total. The number of carbonyl (C=O) groups excluding carboxylic acids is 2. The zero-order valence-corrected chi connectivity index (χ0v) is 21.8. The van der Waals surface area contributed by atoms with Crippen molar-refractivity contribution in [2.45, 2.75) is 13.1 Å². The van der Waals surface area contributed by atoms with Gasteiger partial charge in [0.2, 0.25) is 0 Å². The normalized spacial score (nSPS) is 10.6. The van der Waals surface area contributed by atoms with Crippen LogP contribution in [0.15, 0.2) is 66.7 Å². The van der Waals surface area contributed by atoms with Crippen molar-refractivity contribution in [3.8, 4) is 11.5 Å². The van der Waals surface area contributed by atoms with Gasteiger partial charge in [0.15, 0.2) is 0 Å². The Morgan fingerprint density at radius 2 is 1.51 bits per heavy atom. The average molecular weight is 506 g/mol. The van der Waals surface area contributed by atoms with Crippen molar-refractivity contribution in [2.24, 2.45) is 0 Å². The van der Waals surface area contributed by atoms with E-state index in [9.17, 15) is 9.59 Å². The third-order valence-corrected chi connectivity index (χ3v) is 5.76. The van der Waals surface area contributed by atoms with Gasteiger partial charge < -0.3 is 35.6 Å². The van der Waals surface area contributed by atoms with E-state index in [0.717, 1.165) is 11.1 Å². The Bertz CT molecular complexity index is 1180. The summed E-state index contributed by atoms with van der Waals surface area (Å²) < 4.78 is 10.6. The highest BCUT2D eigenvalue weighted by Gasteiger charge is 2.15. The fourth-order valence-electron chi connectivity index (χ4n) is 3.62. The number of nitrogens with two attached hydrogens (primary N) is 1. The molecule has 9 heteroatoms. The van der Waals surface area contributed by atoms with Crippen LogP contribution in [-0.2, 0) is 13.1 Å². The van der Waals surface area contributed by atoms with Crippen molar-refractivity contribution in [3.63, 3.8) is 0 Å². The first kappa shape index (κ1) is 27.3. The summed E-state index contributed by atoms with van der Waals surface area (Å²) in [5, 5.41) is 5.81. The van der Waals surface area contributed by atoms with Crippen LogP contribution in [0.2, 0.25) is 0 Å². The molecule has 37 heavy (non-hydrogen) atoms. The van der Waals surface area contributed by atoms with Crippen LogP contribution in [0, 0.1) is 0 Å². The maximum absolute atomic E-state index is 13.1. The maximum atomic E-state index is 13.1. The Kier molecular flexibility index (Phi) is 9.74. The molecule has 0 aliphatic carbocycles. The summed E-state index contributed by atoms with van der Waals surface area (Å²) in [5.74, 6) is 1.07. The first-order valence-electron chi connectivity index (χ1n) is 11.9. The molecule has 4 N–H and O–H groups in total. The number of rotatable bonds is 11. The van der Waals surface area contributed by atoms with Crippen LogP contribution in [0.3, 0.4) is 0 Å². The highest BCUT2D eigenvalue weighted by Crippen LogP contribution is 2.22. The van der Waals surface area contributed by atoms with E-state index >= 15 is 0 Å². The average Bonchev–Trinajstić information content (AvgIpc) is 2.90. The number of ether oxygens (including phenoxy) is 2. The summed E-state index contributed by atoms with van der Waals surface area (Å²) in [6.07, 6.45) is 0. The monoisotopic (exact) mass is 505 g/mol. The van der Waals surface area contributed by atoms with Gasteiger partial charge in [-0.05, 0) is 61.6 Å². The quantitative estimate of drug-likeness (QED) is 0.342. The number of nitrogens with zero attached hydrogens (tertiary/aromatic N) is 2. The van der Waals surface area contributed by atoms with Crippen molar-refractivity contribution in [1.82, 2.24) is 15.1 Å². The summed E-state index contributed by atoms with van der Waals surface area (Å²) in [5.41, 5.74) is 9.27. The molecule has 0 radical (unpaired) electrons. The third-order valence-electron chi connectivity index (χ3n) is 5.76. The van der Waals surface area contributed by atoms with Gasteiger partial charge in [-0.3, -0.25) is 4.79 Å². The van der Waals surface area contributed by atoms with Gasteiger partial charge in [0.1, 0.15) is 11.5 Å². The van der Waals surface area contributed by atoms with Crippen molar-refractivity contribution in [3.05, 3.63) is 83.4 Å². The largest absolute Gasteiger partial charge is 0.497 e. The molecular formula is C28H35N5O4. The van der Waals surface area contributed by atoms with Crippen LogP contribution in [0.1, 0.15) is 21.5 Å². The molecule has 0 atom stereocenters. The first-order chi connectivity index (χ1) is 17.8. The second kappa shape index (κ2) is 13.2. The van der Waals surface area contributed by atoms with E-state index in [1.165, 1.54) is 0 Å². The number of urea groups is 1. The number of amides is 3. The molecule has 3 aromatic carbocycles. The van der Waals surface area contributed by atoms with Crippen LogP contribution < -0.4 is 25.8 Å². The van der Waals surface area contributed by atoms with E-state index in [2.05, 4.69) is 10.6 Å². The van der Waals surface area contributed by atoms with Crippen molar-refractivity contribution < 1.29 is 19.1 Å². The predicted octanol–water partition coefficient (Wildman–Crippen LogP) is 3.81. The lowest BCUT2D eigenvalue weighted by atomic mass is 10.1. The summed E-state index contributed by atoms with van der Waals surface area (Å²) in [6, 6.07) is 19.6. The van der Waals surface area contributed by atoms with Gasteiger partial charge in [-0.15, -0.1) is 0 Å². The van der Waals surface area contributed by atoms with Gasteiger partial charge >= 0.3 is 6.03 Å². The molecule has 0 heterocycles. The molecule has 0 spiro atoms. The Balaban J connectivity index is 1.66. The zero-order chi connectivity index (χ0) is 26.8. The zero-order valence-electron chi connectivity index (χ0n) is 21.8. The SMILES string of the molecule is COc1cc(CNC(=O)N(CCN(C)C)Cc2ccc(C(=O)Nc3ccccc3N)cc2)cc(OC)c1. The van der Waals surface area contributed by atoms with E-state index < -0.39 is 0 Å². The lowest BCUT2D eigenvalue weighted by molar-refractivity contribution is 0.102.